The number of pyridine rings is 2. The molecule has 1 aromatic carbocycles. The van der Waals surface area contributed by atoms with Gasteiger partial charge in [-0.05, 0) is 60.0 Å². The second-order valence-electron chi connectivity index (χ2n) is 6.88. The van der Waals surface area contributed by atoms with Crippen molar-refractivity contribution < 1.29 is 13.4 Å². The van der Waals surface area contributed by atoms with Gasteiger partial charge in [0, 0.05) is 36.6 Å². The lowest BCUT2D eigenvalue weighted by atomic mass is 10.2. The van der Waals surface area contributed by atoms with Crippen LogP contribution in [0.5, 0.6) is 0 Å². The summed E-state index contributed by atoms with van der Waals surface area (Å²) < 4.78 is 26.2. The fourth-order valence-corrected chi connectivity index (χ4v) is 4.34. The molecule has 1 aliphatic heterocycles. The lowest BCUT2D eigenvalue weighted by molar-refractivity contribution is 0.198. The van der Waals surface area contributed by atoms with E-state index in [0.717, 1.165) is 11.1 Å². The lowest BCUT2D eigenvalue weighted by Crippen LogP contribution is -2.36. The van der Waals surface area contributed by atoms with Crippen LogP contribution in [0.4, 0.5) is 9.18 Å². The molecular weight excluding hydrogens is 391 g/mol. The molecule has 0 radical (unpaired) electrons. The summed E-state index contributed by atoms with van der Waals surface area (Å²) in [7, 11) is -1.52. The standard InChI is InChI=1S/C21H19FN4O2S/c1-14-6-17(22)8-20(7-14)29(28)19-3-2-18(24-11-19)10-25-21(27)26-12-15-4-5-23-9-16(15)13-26/h2-9,11H,10,12-13H2,1H3,(H,25,27). The molecule has 2 amide bonds. The first-order chi connectivity index (χ1) is 14.0. The quantitative estimate of drug-likeness (QED) is 0.716. The van der Waals surface area contributed by atoms with E-state index in [1.165, 1.54) is 18.3 Å². The zero-order valence-electron chi connectivity index (χ0n) is 15.8. The molecule has 1 atom stereocenters. The highest BCUT2D eigenvalue weighted by Gasteiger charge is 2.23. The molecule has 1 unspecified atom stereocenters. The van der Waals surface area contributed by atoms with E-state index >= 15 is 0 Å². The van der Waals surface area contributed by atoms with Crippen molar-refractivity contribution >= 4 is 16.8 Å². The number of carbonyl (C=O) groups excluding carboxylic acids is 1. The van der Waals surface area contributed by atoms with Gasteiger partial charge in [-0.1, -0.05) is 0 Å². The zero-order chi connectivity index (χ0) is 20.4. The molecule has 1 aliphatic rings. The van der Waals surface area contributed by atoms with Crippen LogP contribution in [0, 0.1) is 12.7 Å². The number of hydrogen-bond donors (Lipinski definition) is 1. The Morgan fingerprint density at radius 2 is 1.97 bits per heavy atom. The van der Waals surface area contributed by atoms with Crippen molar-refractivity contribution in [3.05, 3.63) is 83.2 Å². The minimum Gasteiger partial charge on any atom is -0.332 e. The molecule has 6 nitrogen and oxygen atoms in total. The first kappa shape index (κ1) is 19.2. The molecule has 3 heterocycles. The predicted octanol–water partition coefficient (Wildman–Crippen LogP) is 3.32. The highest BCUT2D eigenvalue weighted by molar-refractivity contribution is 7.85. The van der Waals surface area contributed by atoms with Crippen molar-refractivity contribution in [1.82, 2.24) is 20.2 Å². The number of halogens is 1. The monoisotopic (exact) mass is 410 g/mol. The van der Waals surface area contributed by atoms with E-state index in [-0.39, 0.29) is 12.6 Å². The minimum atomic E-state index is -1.52. The molecule has 29 heavy (non-hydrogen) atoms. The van der Waals surface area contributed by atoms with Crippen LogP contribution in [-0.2, 0) is 30.4 Å². The Kier molecular flexibility index (Phi) is 5.35. The Bertz CT molecular complexity index is 1040. The number of nitrogens with one attached hydrogen (secondary N) is 1. The van der Waals surface area contributed by atoms with Gasteiger partial charge in [-0.3, -0.25) is 9.97 Å². The Balaban J connectivity index is 1.36. The molecule has 0 bridgehead atoms. The van der Waals surface area contributed by atoms with Gasteiger partial charge in [0.2, 0.25) is 0 Å². The van der Waals surface area contributed by atoms with E-state index in [1.807, 2.05) is 6.07 Å². The van der Waals surface area contributed by atoms with Gasteiger partial charge in [-0.15, -0.1) is 0 Å². The molecular formula is C21H19FN4O2S. The second-order valence-corrected chi connectivity index (χ2v) is 8.36. The summed E-state index contributed by atoms with van der Waals surface area (Å²) in [4.78, 5) is 23.3. The largest absolute Gasteiger partial charge is 0.332 e. The van der Waals surface area contributed by atoms with Gasteiger partial charge < -0.3 is 10.2 Å². The van der Waals surface area contributed by atoms with Crippen molar-refractivity contribution in [1.29, 1.82) is 0 Å². The van der Waals surface area contributed by atoms with E-state index in [9.17, 15) is 13.4 Å². The smallest absolute Gasteiger partial charge is 0.318 e. The molecule has 0 aliphatic carbocycles. The summed E-state index contributed by atoms with van der Waals surface area (Å²) in [5.41, 5.74) is 3.52. The number of amides is 2. The van der Waals surface area contributed by atoms with Crippen LogP contribution in [-0.4, -0.2) is 25.1 Å². The van der Waals surface area contributed by atoms with E-state index in [2.05, 4.69) is 15.3 Å². The van der Waals surface area contributed by atoms with Gasteiger partial charge in [0.25, 0.3) is 0 Å². The lowest BCUT2D eigenvalue weighted by Gasteiger charge is -2.16. The predicted molar refractivity (Wildman–Crippen MR) is 106 cm³/mol. The number of urea groups is 1. The average molecular weight is 410 g/mol. The van der Waals surface area contributed by atoms with Gasteiger partial charge in [-0.25, -0.2) is 13.4 Å². The molecule has 3 aromatic rings. The Morgan fingerprint density at radius 1 is 1.14 bits per heavy atom. The number of fused-ring (bicyclic) bond motifs is 1. The number of aromatic nitrogens is 2. The van der Waals surface area contributed by atoms with Crippen molar-refractivity contribution in [3.63, 3.8) is 0 Å². The summed E-state index contributed by atoms with van der Waals surface area (Å²) in [5.74, 6) is -0.416. The fourth-order valence-electron chi connectivity index (χ4n) is 3.21. The van der Waals surface area contributed by atoms with Gasteiger partial charge in [0.05, 0.1) is 27.9 Å². The third-order valence-electron chi connectivity index (χ3n) is 4.68. The Hall–Kier alpha value is -3.13. The van der Waals surface area contributed by atoms with Crippen LogP contribution in [0.2, 0.25) is 0 Å². The number of carbonyl (C=O) groups is 1. The first-order valence-electron chi connectivity index (χ1n) is 9.08. The third-order valence-corrected chi connectivity index (χ3v) is 6.01. The van der Waals surface area contributed by atoms with Crippen molar-refractivity contribution in [2.75, 3.05) is 0 Å². The van der Waals surface area contributed by atoms with Crippen LogP contribution in [0.15, 0.2) is 64.8 Å². The van der Waals surface area contributed by atoms with Gasteiger partial charge in [-0.2, -0.15) is 0 Å². The number of nitrogens with zero attached hydrogens (tertiary/aromatic N) is 3. The summed E-state index contributed by atoms with van der Waals surface area (Å²) >= 11 is 0. The maximum atomic E-state index is 13.6. The normalized spacial score (nSPS) is 13.8. The van der Waals surface area contributed by atoms with Gasteiger partial charge in [0.1, 0.15) is 5.82 Å². The van der Waals surface area contributed by atoms with Crippen LogP contribution >= 0.6 is 0 Å². The van der Waals surface area contributed by atoms with Gasteiger partial charge >= 0.3 is 6.03 Å². The topological polar surface area (TPSA) is 75.2 Å². The highest BCUT2D eigenvalue weighted by Crippen LogP contribution is 2.21. The molecule has 0 fully saturated rings. The third kappa shape index (κ3) is 4.32. The Morgan fingerprint density at radius 3 is 2.69 bits per heavy atom. The first-order valence-corrected chi connectivity index (χ1v) is 10.2. The number of benzene rings is 1. The van der Waals surface area contributed by atoms with E-state index in [0.29, 0.717) is 34.1 Å². The summed E-state index contributed by atoms with van der Waals surface area (Å²) in [6, 6.07) is 9.48. The maximum absolute atomic E-state index is 13.6. The fraction of sp³-hybridized carbons (Fsp3) is 0.190. The number of rotatable bonds is 4. The van der Waals surface area contributed by atoms with Crippen molar-refractivity contribution in [3.8, 4) is 0 Å². The zero-order valence-corrected chi connectivity index (χ0v) is 16.6. The van der Waals surface area contributed by atoms with Crippen molar-refractivity contribution in [2.24, 2.45) is 0 Å². The maximum Gasteiger partial charge on any atom is 0.318 e. The van der Waals surface area contributed by atoms with E-state index in [1.54, 1.807) is 42.4 Å². The highest BCUT2D eigenvalue weighted by atomic mass is 32.2. The second kappa shape index (κ2) is 8.08. The molecule has 0 saturated heterocycles. The molecule has 8 heteroatoms. The van der Waals surface area contributed by atoms with Gasteiger partial charge in [0.15, 0.2) is 0 Å². The minimum absolute atomic E-state index is 0.175. The average Bonchev–Trinajstić information content (AvgIpc) is 3.15. The summed E-state index contributed by atoms with van der Waals surface area (Å²) in [6.45, 7) is 3.11. The van der Waals surface area contributed by atoms with Crippen LogP contribution in [0.3, 0.4) is 0 Å². The number of aryl methyl sites for hydroxylation is 1. The molecule has 4 rings (SSSR count). The van der Waals surface area contributed by atoms with E-state index in [4.69, 9.17) is 0 Å². The molecule has 148 valence electrons. The SMILES string of the molecule is Cc1cc(F)cc(S(=O)c2ccc(CNC(=O)N3Cc4ccncc4C3)nc2)c1. The molecule has 0 spiro atoms. The number of hydrogen-bond acceptors (Lipinski definition) is 4. The Labute approximate surface area is 170 Å². The van der Waals surface area contributed by atoms with Crippen LogP contribution in [0.25, 0.3) is 0 Å². The van der Waals surface area contributed by atoms with Crippen LogP contribution in [0.1, 0.15) is 22.4 Å². The van der Waals surface area contributed by atoms with E-state index < -0.39 is 16.6 Å². The molecule has 2 aromatic heterocycles. The molecule has 1 N–H and O–H groups in total. The van der Waals surface area contributed by atoms with Crippen LogP contribution < -0.4 is 5.32 Å². The summed E-state index contributed by atoms with van der Waals surface area (Å²) in [5, 5.41) is 2.85. The van der Waals surface area contributed by atoms with Crippen molar-refractivity contribution in [2.45, 2.75) is 36.3 Å². The molecule has 0 saturated carbocycles. The summed E-state index contributed by atoms with van der Waals surface area (Å²) in [6.07, 6.45) is 5.00.